The minimum absolute atomic E-state index is 0.115. The van der Waals surface area contributed by atoms with Crippen LogP contribution in [-0.2, 0) is 11.3 Å². The molecule has 0 fully saturated rings. The summed E-state index contributed by atoms with van der Waals surface area (Å²) in [5.41, 5.74) is 2.12. The van der Waals surface area contributed by atoms with Crippen molar-refractivity contribution < 1.29 is 9.53 Å². The molecule has 0 aliphatic heterocycles. The molecule has 34 heavy (non-hydrogen) atoms. The van der Waals surface area contributed by atoms with E-state index >= 15 is 0 Å². The maximum atomic E-state index is 13.4. The van der Waals surface area contributed by atoms with E-state index < -0.39 is 0 Å². The number of aromatic nitrogens is 4. The summed E-state index contributed by atoms with van der Waals surface area (Å²) in [6.45, 7) is 0.457. The summed E-state index contributed by atoms with van der Waals surface area (Å²) in [4.78, 5) is 25.9. The fourth-order valence-corrected chi connectivity index (χ4v) is 4.50. The molecule has 0 unspecified atom stereocenters. The average molecular weight is 472 g/mol. The SMILES string of the molecule is COc1cccc(-n2c(=O)c3ccccc3n3c(SCC(=O)NCc4ccccc4)nnc23)c1. The molecule has 0 saturated heterocycles. The van der Waals surface area contributed by atoms with Crippen molar-refractivity contribution in [3.63, 3.8) is 0 Å². The van der Waals surface area contributed by atoms with E-state index in [9.17, 15) is 9.59 Å². The number of methoxy groups -OCH3 is 1. The van der Waals surface area contributed by atoms with Gasteiger partial charge >= 0.3 is 0 Å². The van der Waals surface area contributed by atoms with Gasteiger partial charge in [0, 0.05) is 12.6 Å². The van der Waals surface area contributed by atoms with E-state index in [0.717, 1.165) is 5.56 Å². The molecule has 0 radical (unpaired) electrons. The molecule has 170 valence electrons. The van der Waals surface area contributed by atoms with Gasteiger partial charge in [0.15, 0.2) is 5.16 Å². The van der Waals surface area contributed by atoms with E-state index in [0.29, 0.717) is 39.8 Å². The van der Waals surface area contributed by atoms with Gasteiger partial charge in [-0.25, -0.2) is 4.57 Å². The molecule has 0 aliphatic carbocycles. The number of nitrogens with one attached hydrogen (secondary N) is 1. The first-order valence-electron chi connectivity index (χ1n) is 10.6. The van der Waals surface area contributed by atoms with Crippen LogP contribution < -0.4 is 15.6 Å². The van der Waals surface area contributed by atoms with Crippen LogP contribution in [0.4, 0.5) is 0 Å². The second-order valence-corrected chi connectivity index (χ2v) is 8.47. The maximum Gasteiger partial charge on any atom is 0.267 e. The van der Waals surface area contributed by atoms with Crippen LogP contribution in [0, 0.1) is 0 Å². The topological polar surface area (TPSA) is 90.5 Å². The van der Waals surface area contributed by atoms with Gasteiger partial charge in [-0.05, 0) is 29.8 Å². The summed E-state index contributed by atoms with van der Waals surface area (Å²) in [5.74, 6) is 1.04. The highest BCUT2D eigenvalue weighted by Gasteiger charge is 2.19. The summed E-state index contributed by atoms with van der Waals surface area (Å²) in [6, 6.07) is 24.2. The number of hydrogen-bond donors (Lipinski definition) is 1. The Hall–Kier alpha value is -4.11. The van der Waals surface area contributed by atoms with Gasteiger partial charge < -0.3 is 10.1 Å². The van der Waals surface area contributed by atoms with Crippen molar-refractivity contribution in [2.45, 2.75) is 11.7 Å². The van der Waals surface area contributed by atoms with Gasteiger partial charge in [0.25, 0.3) is 5.56 Å². The molecule has 2 heterocycles. The highest BCUT2D eigenvalue weighted by molar-refractivity contribution is 7.99. The normalized spacial score (nSPS) is 11.1. The number of hydrogen-bond acceptors (Lipinski definition) is 6. The Morgan fingerprint density at radius 3 is 2.62 bits per heavy atom. The lowest BCUT2D eigenvalue weighted by Crippen LogP contribution is -2.24. The van der Waals surface area contributed by atoms with Crippen molar-refractivity contribution in [2.75, 3.05) is 12.9 Å². The van der Waals surface area contributed by atoms with Gasteiger partial charge in [-0.1, -0.05) is 60.3 Å². The zero-order valence-corrected chi connectivity index (χ0v) is 19.2. The smallest absolute Gasteiger partial charge is 0.267 e. The quantitative estimate of drug-likeness (QED) is 0.366. The summed E-state index contributed by atoms with van der Waals surface area (Å²) in [6.07, 6.45) is 0. The van der Waals surface area contributed by atoms with Gasteiger partial charge in [0.1, 0.15) is 5.75 Å². The van der Waals surface area contributed by atoms with Gasteiger partial charge in [0.05, 0.1) is 29.5 Å². The van der Waals surface area contributed by atoms with Gasteiger partial charge in [-0.15, -0.1) is 10.2 Å². The van der Waals surface area contributed by atoms with Crippen molar-refractivity contribution in [1.82, 2.24) is 24.5 Å². The molecule has 0 saturated carbocycles. The number of carbonyl (C=O) groups is 1. The zero-order chi connectivity index (χ0) is 23.5. The number of carbonyl (C=O) groups excluding carboxylic acids is 1. The Morgan fingerprint density at radius 1 is 1.00 bits per heavy atom. The number of rotatable bonds is 7. The van der Waals surface area contributed by atoms with E-state index in [2.05, 4.69) is 15.5 Å². The highest BCUT2D eigenvalue weighted by Crippen LogP contribution is 2.24. The molecule has 1 N–H and O–H groups in total. The molecule has 5 rings (SSSR count). The first kappa shape index (κ1) is 21.7. The molecule has 0 atom stereocenters. The zero-order valence-electron chi connectivity index (χ0n) is 18.3. The molecule has 3 aromatic carbocycles. The van der Waals surface area contributed by atoms with Crippen molar-refractivity contribution in [2.24, 2.45) is 0 Å². The number of benzene rings is 3. The van der Waals surface area contributed by atoms with E-state index in [4.69, 9.17) is 4.74 Å². The molecule has 0 bridgehead atoms. The monoisotopic (exact) mass is 471 g/mol. The summed E-state index contributed by atoms with van der Waals surface area (Å²) in [7, 11) is 1.58. The second-order valence-electron chi connectivity index (χ2n) is 7.53. The molecular formula is C25H21N5O3S. The number of fused-ring (bicyclic) bond motifs is 3. The number of para-hydroxylation sites is 1. The Balaban J connectivity index is 1.51. The summed E-state index contributed by atoms with van der Waals surface area (Å²) < 4.78 is 8.66. The average Bonchev–Trinajstić information content (AvgIpc) is 3.31. The standard InChI is InChI=1S/C25H21N5O3S/c1-33-19-11-7-10-18(14-19)29-23(32)20-12-5-6-13-21(20)30-24(29)27-28-25(30)34-16-22(31)26-15-17-8-3-2-4-9-17/h2-14H,15-16H2,1H3,(H,26,31). The van der Waals surface area contributed by atoms with E-state index in [1.165, 1.54) is 16.3 Å². The number of ether oxygens (including phenoxy) is 1. The molecule has 0 aliphatic rings. The molecule has 5 aromatic rings. The Bertz CT molecular complexity index is 1550. The minimum Gasteiger partial charge on any atom is -0.497 e. The van der Waals surface area contributed by atoms with Crippen LogP contribution in [0.3, 0.4) is 0 Å². The summed E-state index contributed by atoms with van der Waals surface area (Å²) in [5, 5.41) is 12.6. The van der Waals surface area contributed by atoms with E-state index in [1.54, 1.807) is 19.2 Å². The molecule has 2 aromatic heterocycles. The predicted molar refractivity (Wildman–Crippen MR) is 132 cm³/mol. The number of amides is 1. The lowest BCUT2D eigenvalue weighted by Gasteiger charge is -2.12. The first-order valence-corrected chi connectivity index (χ1v) is 11.6. The van der Waals surface area contributed by atoms with E-state index in [1.807, 2.05) is 71.1 Å². The van der Waals surface area contributed by atoms with Crippen molar-refractivity contribution in [1.29, 1.82) is 0 Å². The van der Waals surface area contributed by atoms with Crippen LogP contribution in [-0.4, -0.2) is 37.9 Å². The third-order valence-electron chi connectivity index (χ3n) is 5.37. The van der Waals surface area contributed by atoms with Gasteiger partial charge in [-0.2, -0.15) is 0 Å². The van der Waals surface area contributed by atoms with Gasteiger partial charge in [0.2, 0.25) is 11.7 Å². The summed E-state index contributed by atoms with van der Waals surface area (Å²) >= 11 is 1.27. The maximum absolute atomic E-state index is 13.4. The lowest BCUT2D eigenvalue weighted by atomic mass is 10.2. The largest absolute Gasteiger partial charge is 0.497 e. The predicted octanol–water partition coefficient (Wildman–Crippen LogP) is 3.45. The fraction of sp³-hybridized carbons (Fsp3) is 0.120. The van der Waals surface area contributed by atoms with Gasteiger partial charge in [-0.3, -0.25) is 14.0 Å². The fourth-order valence-electron chi connectivity index (χ4n) is 3.73. The van der Waals surface area contributed by atoms with Crippen LogP contribution in [0.15, 0.2) is 88.8 Å². The lowest BCUT2D eigenvalue weighted by molar-refractivity contribution is -0.118. The Morgan fingerprint density at radius 2 is 1.79 bits per heavy atom. The molecule has 8 nitrogen and oxygen atoms in total. The molecular weight excluding hydrogens is 450 g/mol. The van der Waals surface area contributed by atoms with Crippen LogP contribution in [0.5, 0.6) is 5.75 Å². The van der Waals surface area contributed by atoms with Crippen LogP contribution in [0.25, 0.3) is 22.4 Å². The van der Waals surface area contributed by atoms with E-state index in [-0.39, 0.29) is 17.2 Å². The van der Waals surface area contributed by atoms with Crippen molar-refractivity contribution in [3.8, 4) is 11.4 Å². The first-order chi connectivity index (χ1) is 16.7. The van der Waals surface area contributed by atoms with Crippen molar-refractivity contribution >= 4 is 34.3 Å². The highest BCUT2D eigenvalue weighted by atomic mass is 32.2. The minimum atomic E-state index is -0.207. The molecule has 1 amide bonds. The Labute approximate surface area is 199 Å². The third-order valence-corrected chi connectivity index (χ3v) is 6.30. The van der Waals surface area contributed by atoms with Crippen LogP contribution >= 0.6 is 11.8 Å². The van der Waals surface area contributed by atoms with Crippen LogP contribution in [0.2, 0.25) is 0 Å². The molecule has 9 heteroatoms. The third kappa shape index (κ3) is 4.13. The second kappa shape index (κ2) is 9.40. The number of nitrogens with zero attached hydrogens (tertiary/aromatic N) is 4. The molecule has 0 spiro atoms. The number of thioether (sulfide) groups is 1. The van der Waals surface area contributed by atoms with Crippen molar-refractivity contribution in [3.05, 3.63) is 94.8 Å². The Kier molecular flexibility index (Phi) is 6.01. The van der Waals surface area contributed by atoms with Crippen LogP contribution in [0.1, 0.15) is 5.56 Å².